The molecule has 0 amide bonds. The van der Waals surface area contributed by atoms with E-state index in [4.69, 9.17) is 10.5 Å². The molecule has 0 saturated heterocycles. The molecule has 2 heterocycles. The predicted molar refractivity (Wildman–Crippen MR) is 61.1 cm³/mol. The molecule has 2 rings (SSSR count). The van der Waals surface area contributed by atoms with Gasteiger partial charge < -0.3 is 10.5 Å². The third kappa shape index (κ3) is 2.48. The minimum Gasteiger partial charge on any atom is -0.467 e. The third-order valence-electron chi connectivity index (χ3n) is 2.20. The minimum absolute atomic E-state index is 0.207. The predicted octanol–water partition coefficient (Wildman–Crippen LogP) is -0.734. The number of rotatable bonds is 5. The van der Waals surface area contributed by atoms with Crippen LogP contribution >= 0.6 is 0 Å². The van der Waals surface area contributed by atoms with E-state index in [0.29, 0.717) is 18.7 Å². The number of ether oxygens (including phenoxy) is 1. The summed E-state index contributed by atoms with van der Waals surface area (Å²) in [6.07, 6.45) is 4.31. The Morgan fingerprint density at radius 3 is 2.78 bits per heavy atom. The number of carbonyl (C=O) groups excluding carboxylic acids is 1. The summed E-state index contributed by atoms with van der Waals surface area (Å²) in [6.45, 7) is 0.946. The number of hydrogen-bond donors (Lipinski definition) is 1. The summed E-state index contributed by atoms with van der Waals surface area (Å²) in [4.78, 5) is 19.7. The second-order valence-electron chi connectivity index (χ2n) is 3.44. The van der Waals surface area contributed by atoms with Crippen molar-refractivity contribution in [3.05, 3.63) is 29.8 Å². The van der Waals surface area contributed by atoms with Gasteiger partial charge in [0, 0.05) is 18.9 Å². The van der Waals surface area contributed by atoms with Crippen LogP contribution in [0.2, 0.25) is 0 Å². The van der Waals surface area contributed by atoms with E-state index in [1.807, 2.05) is 0 Å². The van der Waals surface area contributed by atoms with Crippen LogP contribution < -0.4 is 10.5 Å². The molecule has 0 aliphatic heterocycles. The molecule has 0 atom stereocenters. The highest BCUT2D eigenvalue weighted by molar-refractivity contribution is 6.07. The van der Waals surface area contributed by atoms with Crippen molar-refractivity contribution in [3.8, 4) is 6.01 Å². The van der Waals surface area contributed by atoms with Gasteiger partial charge in [-0.05, 0) is 0 Å². The van der Waals surface area contributed by atoms with E-state index >= 15 is 0 Å². The zero-order chi connectivity index (χ0) is 13.0. The van der Waals surface area contributed by atoms with Crippen LogP contribution in [0.3, 0.4) is 0 Å². The summed E-state index contributed by atoms with van der Waals surface area (Å²) in [5.74, 6) is -0.291. The van der Waals surface area contributed by atoms with Gasteiger partial charge in [0.2, 0.25) is 5.78 Å². The van der Waals surface area contributed by atoms with E-state index < -0.39 is 0 Å². The van der Waals surface area contributed by atoms with Crippen molar-refractivity contribution in [1.82, 2.24) is 25.0 Å². The summed E-state index contributed by atoms with van der Waals surface area (Å²) in [5, 5.41) is 7.56. The smallest absolute Gasteiger partial charge is 0.316 e. The highest BCUT2D eigenvalue weighted by atomic mass is 16.5. The van der Waals surface area contributed by atoms with Crippen molar-refractivity contribution in [1.29, 1.82) is 0 Å². The molecule has 2 N–H and O–H groups in total. The molecule has 0 aromatic carbocycles. The molecule has 0 spiro atoms. The number of aromatic nitrogens is 5. The van der Waals surface area contributed by atoms with Gasteiger partial charge in [0.1, 0.15) is 0 Å². The summed E-state index contributed by atoms with van der Waals surface area (Å²) in [5.41, 5.74) is 5.94. The Labute approximate surface area is 103 Å². The molecule has 8 nitrogen and oxygen atoms in total. The largest absolute Gasteiger partial charge is 0.467 e. The normalized spacial score (nSPS) is 10.3. The maximum Gasteiger partial charge on any atom is 0.316 e. The second kappa shape index (κ2) is 5.32. The van der Waals surface area contributed by atoms with Gasteiger partial charge in [-0.1, -0.05) is 5.21 Å². The SMILES string of the molecule is COc1ncc(C(=O)c2cn(CCN)nn2)cn1. The molecule has 0 saturated carbocycles. The van der Waals surface area contributed by atoms with E-state index in [1.54, 1.807) is 6.20 Å². The molecular formula is C10H12N6O2. The van der Waals surface area contributed by atoms with Gasteiger partial charge >= 0.3 is 6.01 Å². The van der Waals surface area contributed by atoms with Gasteiger partial charge in [0.05, 0.1) is 25.4 Å². The van der Waals surface area contributed by atoms with Crippen molar-refractivity contribution >= 4 is 5.78 Å². The van der Waals surface area contributed by atoms with Crippen LogP contribution in [0.5, 0.6) is 6.01 Å². The number of nitrogens with zero attached hydrogens (tertiary/aromatic N) is 5. The molecular weight excluding hydrogens is 236 g/mol. The van der Waals surface area contributed by atoms with Gasteiger partial charge in [0.15, 0.2) is 5.69 Å². The number of carbonyl (C=O) groups is 1. The zero-order valence-corrected chi connectivity index (χ0v) is 9.78. The molecule has 0 aliphatic carbocycles. The first-order valence-corrected chi connectivity index (χ1v) is 5.25. The van der Waals surface area contributed by atoms with Crippen LogP contribution in [0.25, 0.3) is 0 Å². The van der Waals surface area contributed by atoms with Gasteiger partial charge in [0.25, 0.3) is 0 Å². The lowest BCUT2D eigenvalue weighted by atomic mass is 10.2. The van der Waals surface area contributed by atoms with Crippen LogP contribution in [0.15, 0.2) is 18.6 Å². The Balaban J connectivity index is 2.18. The molecule has 2 aromatic rings. The average Bonchev–Trinajstić information content (AvgIpc) is 2.87. The minimum atomic E-state index is -0.291. The molecule has 0 unspecified atom stereocenters. The van der Waals surface area contributed by atoms with Crippen LogP contribution in [0.4, 0.5) is 0 Å². The van der Waals surface area contributed by atoms with Crippen molar-refractivity contribution < 1.29 is 9.53 Å². The van der Waals surface area contributed by atoms with E-state index in [2.05, 4.69) is 20.3 Å². The lowest BCUT2D eigenvalue weighted by Crippen LogP contribution is -2.10. The molecule has 18 heavy (non-hydrogen) atoms. The molecule has 0 radical (unpaired) electrons. The second-order valence-corrected chi connectivity index (χ2v) is 3.44. The average molecular weight is 248 g/mol. The first kappa shape index (κ1) is 12.1. The Bertz CT molecular complexity index is 536. The molecule has 94 valence electrons. The number of ketones is 1. The molecule has 0 bridgehead atoms. The number of methoxy groups -OCH3 is 1. The highest BCUT2D eigenvalue weighted by Crippen LogP contribution is 2.07. The van der Waals surface area contributed by atoms with Crippen LogP contribution in [-0.2, 0) is 6.54 Å². The Morgan fingerprint density at radius 1 is 1.44 bits per heavy atom. The number of nitrogens with two attached hydrogens (primary N) is 1. The summed E-state index contributed by atoms with van der Waals surface area (Å²) in [7, 11) is 1.45. The first-order chi connectivity index (χ1) is 8.74. The van der Waals surface area contributed by atoms with Crippen LogP contribution in [-0.4, -0.2) is 44.4 Å². The maximum absolute atomic E-state index is 12.0. The van der Waals surface area contributed by atoms with Gasteiger partial charge in [-0.25, -0.2) is 9.97 Å². The van der Waals surface area contributed by atoms with Gasteiger partial charge in [-0.15, -0.1) is 5.10 Å². The fraction of sp³-hybridized carbons (Fsp3) is 0.300. The Hall–Kier alpha value is -2.35. The monoisotopic (exact) mass is 248 g/mol. The zero-order valence-electron chi connectivity index (χ0n) is 9.78. The van der Waals surface area contributed by atoms with E-state index in [9.17, 15) is 4.79 Å². The lowest BCUT2D eigenvalue weighted by Gasteiger charge is -1.98. The maximum atomic E-state index is 12.0. The molecule has 0 aliphatic rings. The van der Waals surface area contributed by atoms with Gasteiger partial charge in [-0.2, -0.15) is 0 Å². The van der Waals surface area contributed by atoms with E-state index in [0.717, 1.165) is 0 Å². The molecule has 8 heteroatoms. The fourth-order valence-electron chi connectivity index (χ4n) is 1.33. The van der Waals surface area contributed by atoms with Crippen LogP contribution in [0, 0.1) is 0 Å². The lowest BCUT2D eigenvalue weighted by molar-refractivity contribution is 0.103. The number of hydrogen-bond acceptors (Lipinski definition) is 7. The standard InChI is InChI=1S/C10H12N6O2/c1-18-10-12-4-7(5-13-10)9(17)8-6-16(3-2-11)15-14-8/h4-6H,2-3,11H2,1H3. The Kier molecular flexibility index (Phi) is 3.58. The van der Waals surface area contributed by atoms with Crippen molar-refractivity contribution in [2.75, 3.05) is 13.7 Å². The van der Waals surface area contributed by atoms with Gasteiger partial charge in [-0.3, -0.25) is 9.48 Å². The molecule has 0 fully saturated rings. The van der Waals surface area contributed by atoms with Crippen molar-refractivity contribution in [3.63, 3.8) is 0 Å². The quantitative estimate of drug-likeness (QED) is 0.694. The van der Waals surface area contributed by atoms with Crippen molar-refractivity contribution in [2.45, 2.75) is 6.54 Å². The fourth-order valence-corrected chi connectivity index (χ4v) is 1.33. The first-order valence-electron chi connectivity index (χ1n) is 5.25. The third-order valence-corrected chi connectivity index (χ3v) is 2.20. The van der Waals surface area contributed by atoms with E-state index in [-0.39, 0.29) is 17.5 Å². The van der Waals surface area contributed by atoms with Crippen LogP contribution in [0.1, 0.15) is 16.1 Å². The molecule has 2 aromatic heterocycles. The topological polar surface area (TPSA) is 109 Å². The van der Waals surface area contributed by atoms with E-state index in [1.165, 1.54) is 24.2 Å². The summed E-state index contributed by atoms with van der Waals surface area (Å²) < 4.78 is 6.32. The summed E-state index contributed by atoms with van der Waals surface area (Å²) >= 11 is 0. The summed E-state index contributed by atoms with van der Waals surface area (Å²) in [6, 6.07) is 0.207. The highest BCUT2D eigenvalue weighted by Gasteiger charge is 2.14. The Morgan fingerprint density at radius 2 is 2.17 bits per heavy atom. The van der Waals surface area contributed by atoms with Crippen molar-refractivity contribution in [2.24, 2.45) is 5.73 Å².